The van der Waals surface area contributed by atoms with Crippen LogP contribution in [0.1, 0.15) is 19.3 Å². The fourth-order valence-electron chi connectivity index (χ4n) is 1.95. The van der Waals surface area contributed by atoms with Gasteiger partial charge in [-0.1, -0.05) is 0 Å². The van der Waals surface area contributed by atoms with E-state index >= 15 is 0 Å². The number of amides is 1. The second kappa shape index (κ2) is 3.18. The first-order chi connectivity index (χ1) is 6.84. The van der Waals surface area contributed by atoms with Crippen molar-refractivity contribution < 1.29 is 13.2 Å². The molecule has 2 aliphatic rings. The van der Waals surface area contributed by atoms with Crippen LogP contribution in [0.5, 0.6) is 0 Å². The normalized spacial score (nSPS) is 31.2. The van der Waals surface area contributed by atoms with Crippen LogP contribution in [0.4, 0.5) is 0 Å². The van der Waals surface area contributed by atoms with Crippen LogP contribution < -0.4 is 5.73 Å². The van der Waals surface area contributed by atoms with Gasteiger partial charge in [-0.05, 0) is 19.3 Å². The minimum Gasteiger partial charge on any atom is -0.340 e. The monoisotopic (exact) mass is 232 g/mol. The van der Waals surface area contributed by atoms with Crippen molar-refractivity contribution in [1.82, 2.24) is 4.90 Å². The lowest BCUT2D eigenvalue weighted by atomic mass is 10.2. The molecule has 0 bridgehead atoms. The van der Waals surface area contributed by atoms with E-state index in [-0.39, 0.29) is 23.5 Å². The Morgan fingerprint density at radius 1 is 1.47 bits per heavy atom. The largest absolute Gasteiger partial charge is 0.340 e. The van der Waals surface area contributed by atoms with Gasteiger partial charge < -0.3 is 10.6 Å². The SMILES string of the molecule is CN(C(=O)C1(N)CC1)C1CCS(=O)(=O)C1. The number of hydrogen-bond acceptors (Lipinski definition) is 4. The van der Waals surface area contributed by atoms with Gasteiger partial charge in [0.1, 0.15) is 0 Å². The summed E-state index contributed by atoms with van der Waals surface area (Å²) >= 11 is 0. The van der Waals surface area contributed by atoms with Gasteiger partial charge in [0.15, 0.2) is 9.84 Å². The lowest BCUT2D eigenvalue weighted by Gasteiger charge is -2.26. The van der Waals surface area contributed by atoms with E-state index in [2.05, 4.69) is 0 Å². The van der Waals surface area contributed by atoms with Crippen molar-refractivity contribution in [2.75, 3.05) is 18.6 Å². The molecular formula is C9H16N2O3S. The highest BCUT2D eigenvalue weighted by Gasteiger charge is 2.49. The van der Waals surface area contributed by atoms with Gasteiger partial charge in [0.05, 0.1) is 17.0 Å². The molecule has 15 heavy (non-hydrogen) atoms. The highest BCUT2D eigenvalue weighted by molar-refractivity contribution is 7.91. The molecule has 0 spiro atoms. The van der Waals surface area contributed by atoms with Crippen molar-refractivity contribution in [3.63, 3.8) is 0 Å². The van der Waals surface area contributed by atoms with Gasteiger partial charge in [-0.25, -0.2) is 8.42 Å². The molecule has 0 aromatic heterocycles. The third kappa shape index (κ3) is 2.01. The second-order valence-electron chi connectivity index (χ2n) is 4.63. The predicted molar refractivity (Wildman–Crippen MR) is 56.0 cm³/mol. The average Bonchev–Trinajstić information content (AvgIpc) is 2.80. The van der Waals surface area contributed by atoms with Gasteiger partial charge in [-0.15, -0.1) is 0 Å². The number of sulfone groups is 1. The summed E-state index contributed by atoms with van der Waals surface area (Å²) in [6.45, 7) is 0. The minimum atomic E-state index is -2.93. The van der Waals surface area contributed by atoms with Crippen LogP contribution in [-0.4, -0.2) is 49.4 Å². The number of rotatable bonds is 2. The van der Waals surface area contributed by atoms with E-state index in [9.17, 15) is 13.2 Å². The Bertz CT molecular complexity index is 386. The maximum absolute atomic E-state index is 11.8. The summed E-state index contributed by atoms with van der Waals surface area (Å²) in [7, 11) is -1.28. The second-order valence-corrected chi connectivity index (χ2v) is 6.86. The summed E-state index contributed by atoms with van der Waals surface area (Å²) < 4.78 is 22.5. The lowest BCUT2D eigenvalue weighted by molar-refractivity contribution is -0.133. The van der Waals surface area contributed by atoms with Crippen LogP contribution in [0.15, 0.2) is 0 Å². The molecule has 86 valence electrons. The molecule has 1 aliphatic heterocycles. The third-order valence-electron chi connectivity index (χ3n) is 3.29. The number of nitrogens with zero attached hydrogens (tertiary/aromatic N) is 1. The zero-order valence-corrected chi connectivity index (χ0v) is 9.59. The van der Waals surface area contributed by atoms with Crippen molar-refractivity contribution in [1.29, 1.82) is 0 Å². The molecular weight excluding hydrogens is 216 g/mol. The molecule has 1 aliphatic carbocycles. The maximum atomic E-state index is 11.8. The summed E-state index contributed by atoms with van der Waals surface area (Å²) in [5.74, 6) is 0.169. The molecule has 1 saturated heterocycles. The zero-order valence-electron chi connectivity index (χ0n) is 8.77. The minimum absolute atomic E-state index is 0.0886. The van der Waals surface area contributed by atoms with Gasteiger partial charge in [-0.3, -0.25) is 4.79 Å². The Morgan fingerprint density at radius 3 is 2.47 bits per heavy atom. The molecule has 1 saturated carbocycles. The summed E-state index contributed by atoms with van der Waals surface area (Å²) in [6.07, 6.45) is 1.98. The van der Waals surface area contributed by atoms with E-state index in [1.807, 2.05) is 0 Å². The van der Waals surface area contributed by atoms with E-state index in [1.54, 1.807) is 7.05 Å². The number of nitrogens with two attached hydrogens (primary N) is 1. The fraction of sp³-hybridized carbons (Fsp3) is 0.889. The van der Waals surface area contributed by atoms with Crippen molar-refractivity contribution in [2.45, 2.75) is 30.8 Å². The zero-order chi connectivity index (χ0) is 11.3. The Morgan fingerprint density at radius 2 is 2.07 bits per heavy atom. The van der Waals surface area contributed by atoms with Crippen molar-refractivity contribution in [2.24, 2.45) is 5.73 Å². The van der Waals surface area contributed by atoms with Crippen molar-refractivity contribution in [3.05, 3.63) is 0 Å². The molecule has 2 rings (SSSR count). The van der Waals surface area contributed by atoms with Crippen LogP contribution in [0.25, 0.3) is 0 Å². The summed E-state index contributed by atoms with van der Waals surface area (Å²) in [6, 6.07) is -0.177. The molecule has 0 aromatic carbocycles. The van der Waals surface area contributed by atoms with Gasteiger partial charge >= 0.3 is 0 Å². The molecule has 5 nitrogen and oxygen atoms in total. The third-order valence-corrected chi connectivity index (χ3v) is 5.04. The van der Waals surface area contributed by atoms with Crippen LogP contribution >= 0.6 is 0 Å². The molecule has 2 N–H and O–H groups in total. The Balaban J connectivity index is 2.03. The summed E-state index contributed by atoms with van der Waals surface area (Å²) in [5.41, 5.74) is 5.09. The van der Waals surface area contributed by atoms with Gasteiger partial charge in [0.25, 0.3) is 0 Å². The molecule has 1 heterocycles. The van der Waals surface area contributed by atoms with E-state index in [0.717, 1.165) is 12.8 Å². The van der Waals surface area contributed by atoms with Crippen LogP contribution in [-0.2, 0) is 14.6 Å². The standard InChI is InChI=1S/C9H16N2O3S/c1-11(8(12)9(10)3-4-9)7-2-5-15(13,14)6-7/h7H,2-6,10H2,1H3. The van der Waals surface area contributed by atoms with Crippen molar-refractivity contribution in [3.8, 4) is 0 Å². The maximum Gasteiger partial charge on any atom is 0.242 e. The Hall–Kier alpha value is -0.620. The first-order valence-electron chi connectivity index (χ1n) is 5.11. The Labute approximate surface area is 89.5 Å². The highest BCUT2D eigenvalue weighted by Crippen LogP contribution is 2.35. The number of carbonyl (C=O) groups excluding carboxylic acids is 1. The van der Waals surface area contributed by atoms with Crippen molar-refractivity contribution >= 4 is 15.7 Å². The average molecular weight is 232 g/mol. The molecule has 1 atom stereocenters. The quantitative estimate of drug-likeness (QED) is 0.670. The Kier molecular flexibility index (Phi) is 2.31. The van der Waals surface area contributed by atoms with E-state index in [4.69, 9.17) is 5.73 Å². The highest BCUT2D eigenvalue weighted by atomic mass is 32.2. The first kappa shape index (κ1) is 10.9. The van der Waals surface area contributed by atoms with E-state index in [0.29, 0.717) is 6.42 Å². The molecule has 2 fully saturated rings. The molecule has 0 radical (unpaired) electrons. The predicted octanol–water partition coefficient (Wildman–Crippen LogP) is -0.877. The van der Waals surface area contributed by atoms with Gasteiger partial charge in [0.2, 0.25) is 5.91 Å². The molecule has 0 aromatic rings. The topological polar surface area (TPSA) is 80.5 Å². The molecule has 1 amide bonds. The van der Waals surface area contributed by atoms with E-state index < -0.39 is 15.4 Å². The smallest absolute Gasteiger partial charge is 0.242 e. The van der Waals surface area contributed by atoms with E-state index in [1.165, 1.54) is 4.90 Å². The fourth-order valence-corrected chi connectivity index (χ4v) is 3.72. The van der Waals surface area contributed by atoms with Crippen LogP contribution in [0.2, 0.25) is 0 Å². The number of likely N-dealkylation sites (N-methyl/N-ethyl adjacent to an activating group) is 1. The molecule has 1 unspecified atom stereocenters. The van der Waals surface area contributed by atoms with Gasteiger partial charge in [-0.2, -0.15) is 0 Å². The van der Waals surface area contributed by atoms with Crippen LogP contribution in [0.3, 0.4) is 0 Å². The lowest BCUT2D eigenvalue weighted by Crippen LogP contribution is -2.48. The number of carbonyl (C=O) groups is 1. The van der Waals surface area contributed by atoms with Crippen LogP contribution in [0, 0.1) is 0 Å². The molecule has 6 heteroatoms. The number of hydrogen-bond donors (Lipinski definition) is 1. The summed E-state index contributed by atoms with van der Waals surface area (Å²) in [4.78, 5) is 13.4. The summed E-state index contributed by atoms with van der Waals surface area (Å²) in [5, 5.41) is 0. The van der Waals surface area contributed by atoms with Gasteiger partial charge in [0, 0.05) is 13.1 Å². The first-order valence-corrected chi connectivity index (χ1v) is 6.93.